The molecule has 1 aliphatic rings. The summed E-state index contributed by atoms with van der Waals surface area (Å²) in [6.07, 6.45) is 2.57. The fraction of sp³-hybridized carbons (Fsp3) is 0.727. The minimum absolute atomic E-state index is 0.235. The number of nitrogens with zero attached hydrogens (tertiary/aromatic N) is 2. The zero-order chi connectivity index (χ0) is 13.2. The van der Waals surface area contributed by atoms with E-state index in [2.05, 4.69) is 14.7 Å². The first-order valence-electron chi connectivity index (χ1n) is 6.07. The van der Waals surface area contributed by atoms with Gasteiger partial charge < -0.3 is 11.1 Å². The Morgan fingerprint density at radius 2 is 2.50 bits per heavy atom. The standard InChI is InChI=1S/C11H18N4OS2/c1-3-13-11(9(12)16)5-4-8(6-11)17-10-14-7(2)15-18-10/h8,13H,3-6H2,1-2H3,(H2,12,16). The molecule has 2 atom stereocenters. The van der Waals surface area contributed by atoms with Gasteiger partial charge in [-0.2, -0.15) is 4.37 Å². The van der Waals surface area contributed by atoms with Gasteiger partial charge in [-0.1, -0.05) is 18.7 Å². The minimum atomic E-state index is -0.522. The first kappa shape index (κ1) is 13.8. The molecule has 7 heteroatoms. The van der Waals surface area contributed by atoms with Gasteiger partial charge in [-0.05, 0) is 44.3 Å². The Kier molecular flexibility index (Phi) is 4.24. The Bertz CT molecular complexity index is 436. The predicted octanol–water partition coefficient (Wildman–Crippen LogP) is 1.32. The lowest BCUT2D eigenvalue weighted by Crippen LogP contribution is -2.53. The molecule has 1 amide bonds. The van der Waals surface area contributed by atoms with Gasteiger partial charge in [0.05, 0.1) is 5.54 Å². The molecule has 0 bridgehead atoms. The number of hydrogen-bond acceptors (Lipinski definition) is 6. The van der Waals surface area contributed by atoms with E-state index in [0.29, 0.717) is 5.25 Å². The third-order valence-corrected chi connectivity index (χ3v) is 5.38. The molecule has 0 aliphatic heterocycles. The van der Waals surface area contributed by atoms with Crippen LogP contribution in [0.15, 0.2) is 4.34 Å². The lowest BCUT2D eigenvalue weighted by atomic mass is 9.97. The SMILES string of the molecule is CCNC1(C(N)=O)CCC(Sc2nc(C)ns2)C1. The second-order valence-electron chi connectivity index (χ2n) is 4.57. The van der Waals surface area contributed by atoms with Crippen molar-refractivity contribution in [3.63, 3.8) is 0 Å². The molecule has 0 spiro atoms. The fourth-order valence-corrected chi connectivity index (χ4v) is 4.57. The van der Waals surface area contributed by atoms with E-state index in [-0.39, 0.29) is 5.91 Å². The lowest BCUT2D eigenvalue weighted by Gasteiger charge is -2.26. The molecule has 1 heterocycles. The molecule has 1 aliphatic carbocycles. The Labute approximate surface area is 115 Å². The fourth-order valence-electron chi connectivity index (χ4n) is 2.38. The highest BCUT2D eigenvalue weighted by Crippen LogP contribution is 2.40. The molecule has 0 aromatic carbocycles. The van der Waals surface area contributed by atoms with Crippen LogP contribution in [0, 0.1) is 6.92 Å². The second kappa shape index (κ2) is 5.54. The Morgan fingerprint density at radius 1 is 1.72 bits per heavy atom. The summed E-state index contributed by atoms with van der Waals surface area (Å²) in [6, 6.07) is 0. The van der Waals surface area contributed by atoms with Crippen LogP contribution >= 0.6 is 23.3 Å². The van der Waals surface area contributed by atoms with Gasteiger partial charge in [0.1, 0.15) is 5.82 Å². The maximum Gasteiger partial charge on any atom is 0.237 e. The molecule has 2 rings (SSSR count). The highest BCUT2D eigenvalue weighted by atomic mass is 32.2. The van der Waals surface area contributed by atoms with Crippen molar-refractivity contribution >= 4 is 29.2 Å². The summed E-state index contributed by atoms with van der Waals surface area (Å²) >= 11 is 3.14. The van der Waals surface area contributed by atoms with E-state index < -0.39 is 5.54 Å². The number of primary amides is 1. The van der Waals surface area contributed by atoms with Crippen LogP contribution in [-0.2, 0) is 4.79 Å². The highest BCUT2D eigenvalue weighted by Gasteiger charge is 2.43. The van der Waals surface area contributed by atoms with Crippen LogP contribution in [0.3, 0.4) is 0 Å². The number of thioether (sulfide) groups is 1. The maximum atomic E-state index is 11.6. The van der Waals surface area contributed by atoms with Crippen LogP contribution in [0.25, 0.3) is 0 Å². The molecule has 18 heavy (non-hydrogen) atoms. The van der Waals surface area contributed by atoms with Crippen molar-refractivity contribution in [3.8, 4) is 0 Å². The van der Waals surface area contributed by atoms with Crippen molar-refractivity contribution < 1.29 is 4.79 Å². The van der Waals surface area contributed by atoms with Gasteiger partial charge in [-0.25, -0.2) is 4.98 Å². The van der Waals surface area contributed by atoms with Gasteiger partial charge in [0.2, 0.25) is 5.91 Å². The summed E-state index contributed by atoms with van der Waals surface area (Å²) in [4.78, 5) is 16.0. The van der Waals surface area contributed by atoms with Crippen LogP contribution in [0.4, 0.5) is 0 Å². The van der Waals surface area contributed by atoms with Gasteiger partial charge in [0, 0.05) is 5.25 Å². The van der Waals surface area contributed by atoms with Gasteiger partial charge >= 0.3 is 0 Å². The Morgan fingerprint density at radius 3 is 3.06 bits per heavy atom. The average molecular weight is 286 g/mol. The first-order chi connectivity index (χ1) is 8.55. The summed E-state index contributed by atoms with van der Waals surface area (Å²) < 4.78 is 5.15. The van der Waals surface area contributed by atoms with Crippen molar-refractivity contribution in [3.05, 3.63) is 5.82 Å². The summed E-state index contributed by atoms with van der Waals surface area (Å²) in [5.74, 6) is 0.578. The van der Waals surface area contributed by atoms with Crippen LogP contribution in [-0.4, -0.2) is 32.6 Å². The molecule has 1 saturated carbocycles. The molecule has 100 valence electrons. The van der Waals surface area contributed by atoms with E-state index in [1.807, 2.05) is 13.8 Å². The zero-order valence-corrected chi connectivity index (χ0v) is 12.2. The number of aromatic nitrogens is 2. The largest absolute Gasteiger partial charge is 0.368 e. The van der Waals surface area contributed by atoms with Gasteiger partial charge in [0.25, 0.3) is 0 Å². The normalized spacial score (nSPS) is 27.6. The summed E-state index contributed by atoms with van der Waals surface area (Å²) in [5, 5.41) is 3.65. The third kappa shape index (κ3) is 2.84. The lowest BCUT2D eigenvalue weighted by molar-refractivity contribution is -0.124. The van der Waals surface area contributed by atoms with Crippen LogP contribution in [0.2, 0.25) is 0 Å². The van der Waals surface area contributed by atoms with E-state index in [1.54, 1.807) is 11.8 Å². The number of carbonyl (C=O) groups is 1. The molecule has 1 aromatic heterocycles. The molecule has 0 saturated heterocycles. The number of nitrogens with two attached hydrogens (primary N) is 1. The van der Waals surface area contributed by atoms with Crippen molar-refractivity contribution in [2.24, 2.45) is 5.73 Å². The quantitative estimate of drug-likeness (QED) is 0.853. The van der Waals surface area contributed by atoms with Crippen molar-refractivity contribution in [1.29, 1.82) is 0 Å². The predicted molar refractivity (Wildman–Crippen MR) is 73.7 cm³/mol. The number of rotatable bonds is 5. The smallest absolute Gasteiger partial charge is 0.237 e. The average Bonchev–Trinajstić information content (AvgIpc) is 2.88. The monoisotopic (exact) mass is 286 g/mol. The second-order valence-corrected chi connectivity index (χ2v) is 6.87. The van der Waals surface area contributed by atoms with E-state index in [0.717, 1.165) is 36.0 Å². The molecule has 5 nitrogen and oxygen atoms in total. The summed E-state index contributed by atoms with van der Waals surface area (Å²) in [6.45, 7) is 4.65. The third-order valence-electron chi connectivity index (χ3n) is 3.23. The number of nitrogens with one attached hydrogen (secondary N) is 1. The number of hydrogen-bond donors (Lipinski definition) is 2. The van der Waals surface area contributed by atoms with Crippen LogP contribution < -0.4 is 11.1 Å². The number of likely N-dealkylation sites (N-methyl/N-ethyl adjacent to an activating group) is 1. The summed E-state index contributed by atoms with van der Waals surface area (Å²) in [7, 11) is 0. The Balaban J connectivity index is 2.00. The topological polar surface area (TPSA) is 80.9 Å². The van der Waals surface area contributed by atoms with E-state index >= 15 is 0 Å². The van der Waals surface area contributed by atoms with E-state index in [1.165, 1.54) is 11.5 Å². The molecule has 0 radical (unpaired) electrons. The highest BCUT2D eigenvalue weighted by molar-refractivity contribution is 8.01. The van der Waals surface area contributed by atoms with Gasteiger partial charge in [-0.3, -0.25) is 4.79 Å². The van der Waals surface area contributed by atoms with Crippen LogP contribution in [0.1, 0.15) is 32.0 Å². The molecule has 1 aromatic rings. The number of carbonyl (C=O) groups excluding carboxylic acids is 1. The molecule has 3 N–H and O–H groups in total. The zero-order valence-electron chi connectivity index (χ0n) is 10.6. The van der Waals surface area contributed by atoms with Crippen molar-refractivity contribution in [2.45, 2.75) is 48.2 Å². The van der Waals surface area contributed by atoms with E-state index in [4.69, 9.17) is 5.73 Å². The first-order valence-corrected chi connectivity index (χ1v) is 7.73. The molecular formula is C11H18N4OS2. The van der Waals surface area contributed by atoms with Gasteiger partial charge in [-0.15, -0.1) is 0 Å². The van der Waals surface area contributed by atoms with E-state index in [9.17, 15) is 4.79 Å². The molecular weight excluding hydrogens is 268 g/mol. The maximum absolute atomic E-state index is 11.6. The minimum Gasteiger partial charge on any atom is -0.368 e. The molecule has 2 unspecified atom stereocenters. The van der Waals surface area contributed by atoms with Crippen molar-refractivity contribution in [2.75, 3.05) is 6.54 Å². The number of aryl methyl sites for hydroxylation is 1. The molecule has 1 fully saturated rings. The Hall–Kier alpha value is -0.660. The van der Waals surface area contributed by atoms with Gasteiger partial charge in [0.15, 0.2) is 4.34 Å². The summed E-state index contributed by atoms with van der Waals surface area (Å²) in [5.41, 5.74) is 5.02. The van der Waals surface area contributed by atoms with Crippen LogP contribution in [0.5, 0.6) is 0 Å². The number of amides is 1. The van der Waals surface area contributed by atoms with Crippen molar-refractivity contribution in [1.82, 2.24) is 14.7 Å².